The summed E-state index contributed by atoms with van der Waals surface area (Å²) in [5, 5.41) is 2.24. The summed E-state index contributed by atoms with van der Waals surface area (Å²) in [5.41, 5.74) is 18.0. The number of furan rings is 1. The van der Waals surface area contributed by atoms with Gasteiger partial charge in [-0.05, 0) is 79.4 Å². The standard InChI is InChI=1S/C58H35N3O/c1-3-16-36(17-4-1)38-20-15-21-39(34-38)56-59-55(37-18-5-2-6-19-37)60-57(61-56)40-30-31-44-42-23-8-7-22-41(42)43-24-9-12-27-48(43)58(51(44)35-40)49-28-13-10-26-47(49)53-50(58)33-32-46-45-25-11-14-29-52(45)62-54(46)53/h1-35H. The predicted octanol–water partition coefficient (Wildman–Crippen LogP) is 14.4. The van der Waals surface area contributed by atoms with Crippen LogP contribution in [-0.2, 0) is 5.41 Å². The second-order valence-corrected chi connectivity index (χ2v) is 16.2. The molecule has 1 atom stereocenters. The Morgan fingerprint density at radius 3 is 1.58 bits per heavy atom. The lowest BCUT2D eigenvalue weighted by molar-refractivity contribution is 0.669. The highest BCUT2D eigenvalue weighted by Crippen LogP contribution is 2.63. The van der Waals surface area contributed by atoms with Crippen LogP contribution in [0.25, 0.3) is 101 Å². The molecule has 13 rings (SSSR count). The average molecular weight is 790 g/mol. The molecular formula is C58H35N3O. The third-order valence-corrected chi connectivity index (χ3v) is 13.0. The second-order valence-electron chi connectivity index (χ2n) is 16.2. The molecule has 0 saturated carbocycles. The topological polar surface area (TPSA) is 51.8 Å². The lowest BCUT2D eigenvalue weighted by atomic mass is 9.65. The minimum atomic E-state index is -0.720. The van der Waals surface area contributed by atoms with Crippen LogP contribution >= 0.6 is 0 Å². The second kappa shape index (κ2) is 13.4. The van der Waals surface area contributed by atoms with Crippen molar-refractivity contribution in [1.29, 1.82) is 0 Å². The van der Waals surface area contributed by atoms with Crippen LogP contribution in [-0.4, -0.2) is 15.0 Å². The molecule has 9 aromatic carbocycles. The third kappa shape index (κ3) is 4.98. The highest BCUT2D eigenvalue weighted by molar-refractivity contribution is 6.13. The molecule has 1 unspecified atom stereocenters. The van der Waals surface area contributed by atoms with E-state index in [2.05, 4.69) is 182 Å². The summed E-state index contributed by atoms with van der Waals surface area (Å²) < 4.78 is 6.87. The lowest BCUT2D eigenvalue weighted by Crippen LogP contribution is -2.29. The zero-order valence-corrected chi connectivity index (χ0v) is 33.5. The zero-order valence-electron chi connectivity index (χ0n) is 33.5. The molecule has 2 aliphatic carbocycles. The summed E-state index contributed by atoms with van der Waals surface area (Å²) in [6, 6.07) is 75.7. The van der Waals surface area contributed by atoms with E-state index in [9.17, 15) is 0 Å². The summed E-state index contributed by atoms with van der Waals surface area (Å²) in [6.07, 6.45) is 0. The number of para-hydroxylation sites is 1. The fourth-order valence-corrected chi connectivity index (χ4v) is 10.3. The maximum atomic E-state index is 6.87. The molecule has 0 bridgehead atoms. The van der Waals surface area contributed by atoms with Crippen LogP contribution in [0, 0.1) is 0 Å². The summed E-state index contributed by atoms with van der Waals surface area (Å²) >= 11 is 0. The van der Waals surface area contributed by atoms with Crippen molar-refractivity contribution in [3.63, 3.8) is 0 Å². The van der Waals surface area contributed by atoms with Crippen molar-refractivity contribution >= 4 is 21.9 Å². The Bertz CT molecular complexity index is 3590. The summed E-state index contributed by atoms with van der Waals surface area (Å²) in [4.78, 5) is 15.7. The highest BCUT2D eigenvalue weighted by atomic mass is 16.3. The summed E-state index contributed by atoms with van der Waals surface area (Å²) in [7, 11) is 0. The van der Waals surface area contributed by atoms with Gasteiger partial charge < -0.3 is 4.42 Å². The number of rotatable bonds is 4. The summed E-state index contributed by atoms with van der Waals surface area (Å²) in [6.45, 7) is 0. The van der Waals surface area contributed by atoms with Crippen molar-refractivity contribution in [2.75, 3.05) is 0 Å². The molecule has 2 aromatic heterocycles. The first-order valence-corrected chi connectivity index (χ1v) is 21.1. The van der Waals surface area contributed by atoms with Gasteiger partial charge >= 0.3 is 0 Å². The Morgan fingerprint density at radius 2 is 0.839 bits per heavy atom. The lowest BCUT2D eigenvalue weighted by Gasteiger charge is -2.35. The molecule has 0 amide bonds. The largest absolute Gasteiger partial charge is 0.455 e. The number of hydrogen-bond donors (Lipinski definition) is 0. The van der Waals surface area contributed by atoms with Crippen molar-refractivity contribution in [3.8, 4) is 78.7 Å². The molecule has 62 heavy (non-hydrogen) atoms. The minimum Gasteiger partial charge on any atom is -0.455 e. The molecule has 2 aliphatic rings. The van der Waals surface area contributed by atoms with Gasteiger partial charge in [0.15, 0.2) is 17.5 Å². The van der Waals surface area contributed by atoms with Crippen molar-refractivity contribution < 1.29 is 4.42 Å². The van der Waals surface area contributed by atoms with Crippen LogP contribution in [0.1, 0.15) is 22.3 Å². The van der Waals surface area contributed by atoms with Crippen LogP contribution in [0.4, 0.5) is 0 Å². The van der Waals surface area contributed by atoms with Gasteiger partial charge in [-0.25, -0.2) is 15.0 Å². The van der Waals surface area contributed by atoms with Crippen LogP contribution in [0.15, 0.2) is 217 Å². The Morgan fingerprint density at radius 1 is 0.306 bits per heavy atom. The smallest absolute Gasteiger partial charge is 0.164 e. The Labute approximate surface area is 358 Å². The van der Waals surface area contributed by atoms with Crippen molar-refractivity contribution in [2.24, 2.45) is 0 Å². The van der Waals surface area contributed by atoms with Crippen molar-refractivity contribution in [3.05, 3.63) is 235 Å². The molecule has 0 fully saturated rings. The average Bonchev–Trinajstić information content (AvgIpc) is 3.85. The maximum Gasteiger partial charge on any atom is 0.164 e. The SMILES string of the molecule is c1ccc(-c2cccc(-c3nc(-c4ccccc4)nc(-c4ccc5c(c4)C4(c6ccccc6-c6ccccc6-5)c5ccccc5-c5c4ccc4c5oc5ccccc54)n3)c2)cc1. The van der Waals surface area contributed by atoms with Gasteiger partial charge in [0.1, 0.15) is 11.2 Å². The number of benzene rings is 9. The molecule has 0 aliphatic heterocycles. The first kappa shape index (κ1) is 34.6. The Hall–Kier alpha value is -8.21. The van der Waals surface area contributed by atoms with Crippen LogP contribution in [0.5, 0.6) is 0 Å². The molecule has 2 heterocycles. The van der Waals surface area contributed by atoms with Gasteiger partial charge in [0.05, 0.1) is 5.41 Å². The zero-order chi connectivity index (χ0) is 40.8. The molecule has 0 radical (unpaired) electrons. The minimum absolute atomic E-state index is 0.613. The van der Waals surface area contributed by atoms with Gasteiger partial charge in [-0.3, -0.25) is 0 Å². The number of fused-ring (bicyclic) bond motifs is 16. The molecule has 4 heteroatoms. The van der Waals surface area contributed by atoms with Gasteiger partial charge in [-0.15, -0.1) is 0 Å². The Kier molecular flexibility index (Phi) is 7.49. The van der Waals surface area contributed by atoms with E-state index in [4.69, 9.17) is 19.4 Å². The first-order chi connectivity index (χ1) is 30.7. The van der Waals surface area contributed by atoms with E-state index in [-0.39, 0.29) is 0 Å². The number of aromatic nitrogens is 3. The predicted molar refractivity (Wildman–Crippen MR) is 251 cm³/mol. The van der Waals surface area contributed by atoms with E-state index in [0.717, 1.165) is 55.3 Å². The third-order valence-electron chi connectivity index (χ3n) is 13.0. The molecule has 11 aromatic rings. The highest BCUT2D eigenvalue weighted by Gasteiger charge is 2.51. The van der Waals surface area contributed by atoms with E-state index >= 15 is 0 Å². The quantitative estimate of drug-likeness (QED) is 0.178. The van der Waals surface area contributed by atoms with E-state index < -0.39 is 5.41 Å². The number of nitrogens with zero attached hydrogens (tertiary/aromatic N) is 3. The van der Waals surface area contributed by atoms with Crippen molar-refractivity contribution in [2.45, 2.75) is 5.41 Å². The Balaban J connectivity index is 1.12. The van der Waals surface area contributed by atoms with Crippen molar-refractivity contribution in [1.82, 2.24) is 15.0 Å². The van der Waals surface area contributed by atoms with E-state index in [1.165, 1.54) is 50.1 Å². The van der Waals surface area contributed by atoms with E-state index in [0.29, 0.717) is 17.5 Å². The van der Waals surface area contributed by atoms with E-state index in [1.54, 1.807) is 0 Å². The number of hydrogen-bond acceptors (Lipinski definition) is 4. The fourth-order valence-electron chi connectivity index (χ4n) is 10.3. The molecule has 0 N–H and O–H groups in total. The molecular weight excluding hydrogens is 755 g/mol. The van der Waals surface area contributed by atoms with Gasteiger partial charge in [0.2, 0.25) is 0 Å². The molecule has 1 spiro atoms. The normalized spacial score (nSPS) is 14.5. The maximum absolute atomic E-state index is 6.87. The molecule has 4 nitrogen and oxygen atoms in total. The first-order valence-electron chi connectivity index (χ1n) is 21.1. The van der Waals surface area contributed by atoms with Crippen LogP contribution < -0.4 is 0 Å². The molecule has 288 valence electrons. The van der Waals surface area contributed by atoms with Gasteiger partial charge in [-0.1, -0.05) is 194 Å². The monoisotopic (exact) mass is 789 g/mol. The van der Waals surface area contributed by atoms with E-state index in [1.807, 2.05) is 30.3 Å². The summed E-state index contributed by atoms with van der Waals surface area (Å²) in [5.74, 6) is 1.86. The molecule has 0 saturated heterocycles. The van der Waals surface area contributed by atoms with Gasteiger partial charge in [0.25, 0.3) is 0 Å². The van der Waals surface area contributed by atoms with Crippen LogP contribution in [0.2, 0.25) is 0 Å². The van der Waals surface area contributed by atoms with Crippen LogP contribution in [0.3, 0.4) is 0 Å². The fraction of sp³-hybridized carbons (Fsp3) is 0.0172. The van der Waals surface area contributed by atoms with Gasteiger partial charge in [0, 0.05) is 33.0 Å². The van der Waals surface area contributed by atoms with Gasteiger partial charge in [-0.2, -0.15) is 0 Å².